The number of nitrogens with zero attached hydrogens (tertiary/aromatic N) is 5. The number of hydrogen-bond donors (Lipinski definition) is 11. The molecule has 6 aromatic carbocycles. The lowest BCUT2D eigenvalue weighted by atomic mass is 10.0. The van der Waals surface area contributed by atoms with Crippen molar-refractivity contribution in [2.24, 2.45) is 72.3 Å². The fourth-order valence-corrected chi connectivity index (χ4v) is 11.4. The summed E-state index contributed by atoms with van der Waals surface area (Å²) >= 11 is 3.31. The summed E-state index contributed by atoms with van der Waals surface area (Å²) in [5.74, 6) is 14.1. The molecule has 8 rings (SSSR count). The van der Waals surface area contributed by atoms with E-state index in [2.05, 4.69) is 161 Å². The van der Waals surface area contributed by atoms with Gasteiger partial charge in [-0.15, -0.1) is 22.7 Å². The molecule has 21 N–H and O–H groups in total. The number of aromatic nitrogens is 2. The van der Waals surface area contributed by atoms with E-state index >= 15 is 0 Å². The van der Waals surface area contributed by atoms with E-state index in [1.165, 1.54) is 27.8 Å². The van der Waals surface area contributed by atoms with Gasteiger partial charge in [0.25, 0.3) is 0 Å². The fourth-order valence-electron chi connectivity index (χ4n) is 9.56. The van der Waals surface area contributed by atoms with E-state index < -0.39 is 0 Å². The predicted octanol–water partition coefficient (Wildman–Crippen LogP) is 7.22. The van der Waals surface area contributed by atoms with Crippen LogP contribution in [0.25, 0.3) is 42.0 Å². The van der Waals surface area contributed by atoms with Gasteiger partial charge in [0.05, 0.1) is 15.6 Å². The normalized spacial score (nSPS) is 10.6. The van der Waals surface area contributed by atoms with Crippen LogP contribution in [0.1, 0.15) is 80.1 Å². The number of rotatable bonds is 25. The average Bonchev–Trinajstić information content (AvgIpc) is 3.66. The first kappa shape index (κ1) is 64.3. The Hall–Kier alpha value is -9.27. The Kier molecular flexibility index (Phi) is 24.9. The quantitative estimate of drug-likeness (QED) is 0.0153. The first-order valence-corrected chi connectivity index (χ1v) is 30.4. The maximum atomic E-state index is 5.82. The van der Waals surface area contributed by atoms with Crippen molar-refractivity contribution in [3.8, 4) is 65.7 Å². The van der Waals surface area contributed by atoms with Gasteiger partial charge in [0.1, 0.15) is 10.0 Å². The molecule has 0 saturated carbocycles. The third-order valence-electron chi connectivity index (χ3n) is 13.4. The Morgan fingerprint density at radius 1 is 0.430 bits per heavy atom. The summed E-state index contributed by atoms with van der Waals surface area (Å²) in [5.41, 5.74) is 73.9. The van der Waals surface area contributed by atoms with Crippen molar-refractivity contribution in [2.45, 2.75) is 64.7 Å². The molecule has 0 fully saturated rings. The minimum Gasteiger partial charge on any atom is -0.386 e. The second kappa shape index (κ2) is 33.3. The van der Waals surface area contributed by atoms with Gasteiger partial charge in [-0.25, -0.2) is 9.97 Å². The van der Waals surface area contributed by atoms with Gasteiger partial charge in [-0.2, -0.15) is 0 Å². The maximum Gasteiger partial charge on any atom is 0.185 e. The average molecular weight is 1190 g/mol. The predicted molar refractivity (Wildman–Crippen MR) is 361 cm³/mol. The van der Waals surface area contributed by atoms with Crippen LogP contribution in [0.3, 0.4) is 0 Å². The fraction of sp³-hybridized carbons (Fsp3) is 0.250. The summed E-state index contributed by atoms with van der Waals surface area (Å²) in [6.45, 7) is 9.95. The Balaban J connectivity index is 0.000000255. The highest BCUT2D eigenvalue weighted by molar-refractivity contribution is 7.18. The van der Waals surface area contributed by atoms with Crippen LogP contribution in [0.5, 0.6) is 0 Å². The SMILES string of the molecule is C=C(N)NCCc1cc(C#Cc2cccc(-c3ncc(-c4cc(CCN=C(N)N)cc(CCN=C(N)N)c4)s3)c2)cc(CCN=C(N)N)c1.CCCc1cc(C#Cc2cccc(-c3ncc(-c4cc(CCN)cc(CCN)c4)s3)c2)cc(CCN)c1. The molecule has 444 valence electrons. The number of thiazole rings is 2. The minimum atomic E-state index is 0.0729. The van der Waals surface area contributed by atoms with Gasteiger partial charge in [0.15, 0.2) is 17.9 Å². The molecule has 0 amide bonds. The van der Waals surface area contributed by atoms with Gasteiger partial charge in [-0.3, -0.25) is 15.0 Å². The molecule has 0 saturated heterocycles. The van der Waals surface area contributed by atoms with E-state index in [1.807, 2.05) is 30.6 Å². The Bertz CT molecular complexity index is 3690. The molecule has 86 heavy (non-hydrogen) atoms. The van der Waals surface area contributed by atoms with Crippen molar-refractivity contribution in [3.05, 3.63) is 213 Å². The van der Waals surface area contributed by atoms with Crippen LogP contribution in [0.4, 0.5) is 0 Å². The second-order valence-corrected chi connectivity index (χ2v) is 22.7. The summed E-state index contributed by atoms with van der Waals surface area (Å²) in [6.07, 6.45) is 11.4. The molecule has 18 heteroatoms. The van der Waals surface area contributed by atoms with Crippen LogP contribution in [-0.2, 0) is 51.4 Å². The highest BCUT2D eigenvalue weighted by atomic mass is 32.1. The minimum absolute atomic E-state index is 0.0729. The lowest BCUT2D eigenvalue weighted by molar-refractivity contribution is 0.780. The standard InChI is InChI=1S/C36H44N12S.C32H36N4S/c1-23(37)44-11-7-26-15-25(16-27(17-26)8-12-45-34(38)39)6-5-24-3-2-4-30(19-24)33-48-22-32(49-33)31-20-28(9-13-46-35(40)41)18-29(21-31)10-14-47-36(42)43;1-2-4-24-15-25(17-26(16-24)9-12-33)8-7-23-5-3-6-29(19-23)32-36-22-31(37-32)30-20-27(10-13-34)18-28(21-30)11-14-35/h2-4,15-22,44H,1,7-14,37H2,(H4,38,39,45)(H4,40,41,46)(H4,42,43,47);3,5-6,15-22H,2,4,9-14,33-35H2,1H3. The van der Waals surface area contributed by atoms with Crippen LogP contribution in [-0.4, -0.2) is 73.7 Å². The van der Waals surface area contributed by atoms with Crippen LogP contribution in [0.15, 0.2) is 161 Å². The van der Waals surface area contributed by atoms with E-state index in [4.69, 9.17) is 67.3 Å². The lowest BCUT2D eigenvalue weighted by Crippen LogP contribution is -2.23. The van der Waals surface area contributed by atoms with Crippen molar-refractivity contribution < 1.29 is 0 Å². The number of aliphatic imine (C=N–C) groups is 3. The van der Waals surface area contributed by atoms with Crippen LogP contribution in [0, 0.1) is 23.7 Å². The third-order valence-corrected chi connectivity index (χ3v) is 15.6. The Morgan fingerprint density at radius 2 is 0.779 bits per heavy atom. The van der Waals surface area contributed by atoms with E-state index in [-0.39, 0.29) is 17.9 Å². The van der Waals surface area contributed by atoms with Crippen molar-refractivity contribution in [1.82, 2.24) is 15.3 Å². The van der Waals surface area contributed by atoms with Crippen molar-refractivity contribution in [2.75, 3.05) is 45.8 Å². The number of aryl methyl sites for hydroxylation is 1. The maximum absolute atomic E-state index is 5.82. The molecule has 0 aliphatic rings. The number of nitrogens with two attached hydrogens (primary N) is 10. The second-order valence-electron chi connectivity index (χ2n) is 20.6. The molecule has 8 aromatic rings. The number of hydrogen-bond acceptors (Lipinski definition) is 12. The van der Waals surface area contributed by atoms with E-state index in [0.29, 0.717) is 70.9 Å². The summed E-state index contributed by atoms with van der Waals surface area (Å²) in [5, 5.41) is 4.95. The Morgan fingerprint density at radius 3 is 1.15 bits per heavy atom. The van der Waals surface area contributed by atoms with Crippen LogP contribution in [0.2, 0.25) is 0 Å². The molecule has 16 nitrogen and oxygen atoms in total. The monoisotopic (exact) mass is 1180 g/mol. The van der Waals surface area contributed by atoms with Crippen molar-refractivity contribution >= 4 is 40.6 Å². The molecule has 2 heterocycles. The van der Waals surface area contributed by atoms with Crippen LogP contribution < -0.4 is 62.7 Å². The molecule has 0 aliphatic heterocycles. The van der Waals surface area contributed by atoms with Gasteiger partial charge >= 0.3 is 0 Å². The first-order valence-electron chi connectivity index (χ1n) is 28.8. The Labute approximate surface area is 514 Å². The number of nitrogens with one attached hydrogen (secondary N) is 1. The largest absolute Gasteiger partial charge is 0.386 e. The third kappa shape index (κ3) is 21.1. The number of benzene rings is 6. The smallest absolute Gasteiger partial charge is 0.185 e. The molecular weight excluding hydrogens is 1100 g/mol. The summed E-state index contributed by atoms with van der Waals surface area (Å²) in [4.78, 5) is 24.1. The summed E-state index contributed by atoms with van der Waals surface area (Å²) in [6, 6.07) is 42.4. The zero-order chi connectivity index (χ0) is 61.2. The molecule has 0 radical (unpaired) electrons. The topological polar surface area (TPSA) is 335 Å². The molecule has 2 aromatic heterocycles. The molecule has 0 unspecified atom stereocenters. The van der Waals surface area contributed by atoms with Gasteiger partial charge in [0, 0.05) is 72.0 Å². The van der Waals surface area contributed by atoms with Gasteiger partial charge in [-0.05, 0) is 175 Å². The van der Waals surface area contributed by atoms with E-state index in [9.17, 15) is 0 Å². The highest BCUT2D eigenvalue weighted by Crippen LogP contribution is 2.35. The van der Waals surface area contributed by atoms with E-state index in [0.717, 1.165) is 119 Å². The van der Waals surface area contributed by atoms with Crippen molar-refractivity contribution in [1.29, 1.82) is 0 Å². The molecule has 0 bridgehead atoms. The zero-order valence-corrected chi connectivity index (χ0v) is 50.7. The molecule has 0 aliphatic carbocycles. The summed E-state index contributed by atoms with van der Waals surface area (Å²) < 4.78 is 0. The van der Waals surface area contributed by atoms with E-state index in [1.54, 1.807) is 22.7 Å². The highest BCUT2D eigenvalue weighted by Gasteiger charge is 2.13. The molecule has 0 spiro atoms. The summed E-state index contributed by atoms with van der Waals surface area (Å²) in [7, 11) is 0. The van der Waals surface area contributed by atoms with Crippen LogP contribution >= 0.6 is 22.7 Å². The van der Waals surface area contributed by atoms with Gasteiger partial charge in [-0.1, -0.05) is 116 Å². The lowest BCUT2D eigenvalue weighted by Gasteiger charge is -2.08. The zero-order valence-electron chi connectivity index (χ0n) is 49.0. The number of guanidine groups is 3. The molecule has 0 atom stereocenters. The van der Waals surface area contributed by atoms with Gasteiger partial charge in [0.2, 0.25) is 0 Å². The van der Waals surface area contributed by atoms with Gasteiger partial charge < -0.3 is 62.7 Å². The van der Waals surface area contributed by atoms with Crippen molar-refractivity contribution in [3.63, 3.8) is 0 Å². The molecular formula is C68H80N16S2. The first-order chi connectivity index (χ1) is 41.6.